The van der Waals surface area contributed by atoms with Gasteiger partial charge in [-0.1, -0.05) is 30.3 Å². The van der Waals surface area contributed by atoms with Gasteiger partial charge in [0.2, 0.25) is 0 Å². The van der Waals surface area contributed by atoms with Gasteiger partial charge in [-0.3, -0.25) is 4.79 Å². The lowest BCUT2D eigenvalue weighted by Crippen LogP contribution is -2.23. The summed E-state index contributed by atoms with van der Waals surface area (Å²) in [5, 5.41) is 5.72. The largest absolute Gasteiger partial charge is 0.493 e. The van der Waals surface area contributed by atoms with Crippen molar-refractivity contribution in [2.45, 2.75) is 20.4 Å². The van der Waals surface area contributed by atoms with Gasteiger partial charge in [0.05, 0.1) is 30.7 Å². The third-order valence-electron chi connectivity index (χ3n) is 4.45. The number of benzene rings is 2. The molecule has 2 aromatic heterocycles. The quantitative estimate of drug-likeness (QED) is 0.490. The van der Waals surface area contributed by atoms with Crippen LogP contribution in [0.2, 0.25) is 0 Å². The summed E-state index contributed by atoms with van der Waals surface area (Å²) in [6, 6.07) is 15.4. The molecule has 28 heavy (non-hydrogen) atoms. The summed E-state index contributed by atoms with van der Waals surface area (Å²) in [5.74, 6) is 1.17. The molecule has 1 amide bonds. The number of fused-ring (bicyclic) bond motifs is 1. The maximum absolute atomic E-state index is 13.0. The van der Waals surface area contributed by atoms with Crippen molar-refractivity contribution in [2.24, 2.45) is 0 Å². The van der Waals surface area contributed by atoms with E-state index >= 15 is 0 Å². The summed E-state index contributed by atoms with van der Waals surface area (Å²) in [7, 11) is 0. The molecule has 0 saturated carbocycles. The number of amides is 1. The van der Waals surface area contributed by atoms with Crippen molar-refractivity contribution in [3.63, 3.8) is 0 Å². The molecular weight excluding hydrogens is 372 g/mol. The average Bonchev–Trinajstić information content (AvgIpc) is 3.36. The monoisotopic (exact) mass is 392 g/mol. The van der Waals surface area contributed by atoms with Gasteiger partial charge in [-0.05, 0) is 42.8 Å². The number of thiazole rings is 1. The van der Waals surface area contributed by atoms with Crippen molar-refractivity contribution >= 4 is 28.0 Å². The van der Waals surface area contributed by atoms with Crippen LogP contribution in [0.15, 0.2) is 59.2 Å². The smallest absolute Gasteiger partial charge is 0.255 e. The average molecular weight is 392 g/mol. The zero-order chi connectivity index (χ0) is 19.5. The second-order valence-electron chi connectivity index (χ2n) is 6.28. The van der Waals surface area contributed by atoms with Crippen LogP contribution in [0.3, 0.4) is 0 Å². The van der Waals surface area contributed by atoms with Gasteiger partial charge in [0, 0.05) is 4.88 Å². The molecule has 0 bridgehead atoms. The predicted molar refractivity (Wildman–Crippen MR) is 111 cm³/mol. The van der Waals surface area contributed by atoms with Crippen LogP contribution in [0.4, 0.5) is 0 Å². The van der Waals surface area contributed by atoms with Gasteiger partial charge in [-0.2, -0.15) is 0 Å². The number of carbonyl (C=O) groups excluding carboxylic acids is 1. The Labute approximate surface area is 167 Å². The number of furan rings is 1. The Morgan fingerprint density at radius 3 is 2.82 bits per heavy atom. The van der Waals surface area contributed by atoms with E-state index in [-0.39, 0.29) is 5.91 Å². The predicted octanol–water partition coefficient (Wildman–Crippen LogP) is 5.19. The first-order valence-corrected chi connectivity index (χ1v) is 9.92. The number of hydrogen-bond acceptors (Lipinski definition) is 5. The zero-order valence-electron chi connectivity index (χ0n) is 15.7. The van der Waals surface area contributed by atoms with E-state index in [1.807, 2.05) is 62.4 Å². The van der Waals surface area contributed by atoms with Crippen molar-refractivity contribution in [3.8, 4) is 16.5 Å². The minimum atomic E-state index is -0.160. The van der Waals surface area contributed by atoms with E-state index in [1.165, 1.54) is 11.3 Å². The van der Waals surface area contributed by atoms with Crippen molar-refractivity contribution in [1.29, 1.82) is 0 Å². The summed E-state index contributed by atoms with van der Waals surface area (Å²) in [4.78, 5) is 18.6. The van der Waals surface area contributed by atoms with Crippen molar-refractivity contribution in [2.75, 3.05) is 6.61 Å². The minimum absolute atomic E-state index is 0.160. The summed E-state index contributed by atoms with van der Waals surface area (Å²) in [5.41, 5.74) is 1.45. The first-order valence-electron chi connectivity index (χ1n) is 9.10. The SMILES string of the molecule is CCOc1ccc2ccccc2c1C(=O)NCc1sc(-c2ccco2)nc1C. The summed E-state index contributed by atoms with van der Waals surface area (Å²) < 4.78 is 11.1. The molecule has 1 N–H and O–H groups in total. The fourth-order valence-corrected chi connectivity index (χ4v) is 4.08. The van der Waals surface area contributed by atoms with Crippen molar-refractivity contribution in [1.82, 2.24) is 10.3 Å². The van der Waals surface area contributed by atoms with Crippen LogP contribution < -0.4 is 10.1 Å². The summed E-state index contributed by atoms with van der Waals surface area (Å²) in [6.07, 6.45) is 1.63. The maximum Gasteiger partial charge on any atom is 0.255 e. The van der Waals surface area contributed by atoms with Crippen LogP contribution in [0.5, 0.6) is 5.75 Å². The molecular formula is C22H20N2O3S. The Hall–Kier alpha value is -3.12. The highest BCUT2D eigenvalue weighted by Gasteiger charge is 2.18. The highest BCUT2D eigenvalue weighted by molar-refractivity contribution is 7.15. The number of carbonyl (C=O) groups is 1. The molecule has 0 saturated heterocycles. The van der Waals surface area contributed by atoms with Crippen molar-refractivity contribution < 1.29 is 13.9 Å². The first kappa shape index (κ1) is 18.3. The molecule has 5 nitrogen and oxygen atoms in total. The molecule has 0 fully saturated rings. The van der Waals surface area contributed by atoms with Gasteiger partial charge < -0.3 is 14.5 Å². The van der Waals surface area contributed by atoms with E-state index in [9.17, 15) is 4.79 Å². The molecule has 0 aliphatic heterocycles. The molecule has 2 aromatic carbocycles. The number of hydrogen-bond donors (Lipinski definition) is 1. The molecule has 0 atom stereocenters. The van der Waals surface area contributed by atoms with E-state index in [0.717, 1.165) is 32.1 Å². The van der Waals surface area contributed by atoms with Crippen LogP contribution in [0, 0.1) is 6.92 Å². The molecule has 0 spiro atoms. The Kier molecular flexibility index (Phi) is 5.12. The van der Waals surface area contributed by atoms with Gasteiger partial charge in [-0.25, -0.2) is 4.98 Å². The third kappa shape index (κ3) is 3.51. The van der Waals surface area contributed by atoms with E-state index in [4.69, 9.17) is 9.15 Å². The minimum Gasteiger partial charge on any atom is -0.493 e. The van der Waals surface area contributed by atoms with E-state index < -0.39 is 0 Å². The van der Waals surface area contributed by atoms with E-state index in [0.29, 0.717) is 24.5 Å². The lowest BCUT2D eigenvalue weighted by Gasteiger charge is -2.13. The third-order valence-corrected chi connectivity index (χ3v) is 5.62. The zero-order valence-corrected chi connectivity index (χ0v) is 16.5. The topological polar surface area (TPSA) is 64.4 Å². The molecule has 4 aromatic rings. The lowest BCUT2D eigenvalue weighted by atomic mass is 10.0. The molecule has 2 heterocycles. The number of nitrogens with zero attached hydrogens (tertiary/aromatic N) is 1. The second-order valence-corrected chi connectivity index (χ2v) is 7.36. The van der Waals surface area contributed by atoms with Crippen LogP contribution in [0.1, 0.15) is 27.9 Å². The normalized spacial score (nSPS) is 10.9. The highest BCUT2D eigenvalue weighted by Crippen LogP contribution is 2.30. The molecule has 0 radical (unpaired) electrons. The van der Waals surface area contributed by atoms with Gasteiger partial charge in [-0.15, -0.1) is 11.3 Å². The van der Waals surface area contributed by atoms with Gasteiger partial charge in [0.25, 0.3) is 5.91 Å². The lowest BCUT2D eigenvalue weighted by molar-refractivity contribution is 0.0949. The highest BCUT2D eigenvalue weighted by atomic mass is 32.1. The molecule has 0 aliphatic carbocycles. The first-order chi connectivity index (χ1) is 13.7. The number of nitrogens with one attached hydrogen (secondary N) is 1. The van der Waals surface area contributed by atoms with E-state index in [1.54, 1.807) is 6.26 Å². The molecule has 4 rings (SSSR count). The fraction of sp³-hybridized carbons (Fsp3) is 0.182. The Bertz CT molecular complexity index is 1120. The molecule has 0 unspecified atom stereocenters. The number of aromatic nitrogens is 1. The van der Waals surface area contributed by atoms with Gasteiger partial charge >= 0.3 is 0 Å². The molecule has 0 aliphatic rings. The number of ether oxygens (including phenoxy) is 1. The molecule has 6 heteroatoms. The summed E-state index contributed by atoms with van der Waals surface area (Å²) >= 11 is 1.52. The van der Waals surface area contributed by atoms with Crippen LogP contribution >= 0.6 is 11.3 Å². The Balaban J connectivity index is 1.60. The fourth-order valence-electron chi connectivity index (χ4n) is 3.11. The second kappa shape index (κ2) is 7.86. The maximum atomic E-state index is 13.0. The van der Waals surface area contributed by atoms with Crippen molar-refractivity contribution in [3.05, 3.63) is 70.9 Å². The number of aryl methyl sites for hydroxylation is 1. The van der Waals surface area contributed by atoms with Gasteiger partial charge in [0.1, 0.15) is 5.75 Å². The Morgan fingerprint density at radius 1 is 1.18 bits per heavy atom. The van der Waals surface area contributed by atoms with E-state index in [2.05, 4.69) is 10.3 Å². The number of rotatable bonds is 6. The molecule has 142 valence electrons. The van der Waals surface area contributed by atoms with Crippen LogP contribution in [-0.2, 0) is 6.54 Å². The Morgan fingerprint density at radius 2 is 2.04 bits per heavy atom. The van der Waals surface area contributed by atoms with Crippen LogP contribution in [-0.4, -0.2) is 17.5 Å². The van der Waals surface area contributed by atoms with Gasteiger partial charge in [0.15, 0.2) is 10.8 Å². The van der Waals surface area contributed by atoms with Crippen LogP contribution in [0.25, 0.3) is 21.5 Å². The summed E-state index contributed by atoms with van der Waals surface area (Å²) in [6.45, 7) is 4.75. The standard InChI is InChI=1S/C22H20N2O3S/c1-3-26-17-11-10-15-7-4-5-8-16(15)20(17)21(25)23-13-19-14(2)24-22(28-19)18-9-6-12-27-18/h4-12H,3,13H2,1-2H3,(H,23,25).